The Morgan fingerprint density at radius 2 is 1.96 bits per heavy atom. The number of hydrogen-bond donors (Lipinski definition) is 1. The number of hydrogen-bond acceptors (Lipinski definition) is 6. The van der Waals surface area contributed by atoms with E-state index in [0.29, 0.717) is 4.88 Å². The highest BCUT2D eigenvalue weighted by molar-refractivity contribution is 7.17. The summed E-state index contributed by atoms with van der Waals surface area (Å²) in [7, 11) is 0. The molecule has 28 heavy (non-hydrogen) atoms. The van der Waals surface area contributed by atoms with Gasteiger partial charge >= 0.3 is 0 Å². The molecule has 0 bridgehead atoms. The number of amides is 1. The van der Waals surface area contributed by atoms with Crippen LogP contribution in [-0.2, 0) is 4.74 Å². The molecule has 146 valence electrons. The van der Waals surface area contributed by atoms with Gasteiger partial charge in [0.05, 0.1) is 24.9 Å². The number of nitrogens with one attached hydrogen (secondary N) is 1. The van der Waals surface area contributed by atoms with Crippen molar-refractivity contribution in [1.29, 1.82) is 0 Å². The lowest BCUT2D eigenvalue weighted by Gasteiger charge is -2.29. The number of anilines is 1. The molecule has 1 aliphatic rings. The molecule has 1 aromatic carbocycles. The maximum Gasteiger partial charge on any atom is 0.263 e. The SMILES string of the molecule is Cc1nc(-c2ccsc2)sc1C(=O)NC(C)c1ccc(N2CCOCC2)cc1. The van der Waals surface area contributed by atoms with Crippen molar-refractivity contribution < 1.29 is 9.53 Å². The van der Waals surface area contributed by atoms with Gasteiger partial charge in [-0.3, -0.25) is 4.79 Å². The molecule has 1 amide bonds. The van der Waals surface area contributed by atoms with Crippen molar-refractivity contribution in [2.45, 2.75) is 19.9 Å². The molecule has 1 fully saturated rings. The summed E-state index contributed by atoms with van der Waals surface area (Å²) in [4.78, 5) is 20.4. The quantitative estimate of drug-likeness (QED) is 0.669. The maximum atomic E-state index is 12.8. The zero-order valence-corrected chi connectivity index (χ0v) is 17.6. The third-order valence-electron chi connectivity index (χ3n) is 4.89. The molecule has 1 aliphatic heterocycles. The summed E-state index contributed by atoms with van der Waals surface area (Å²) >= 11 is 3.08. The Hall–Kier alpha value is -2.22. The molecule has 0 saturated carbocycles. The highest BCUT2D eigenvalue weighted by atomic mass is 32.1. The number of rotatable bonds is 5. The van der Waals surface area contributed by atoms with Crippen LogP contribution in [0.1, 0.15) is 33.9 Å². The largest absolute Gasteiger partial charge is 0.378 e. The van der Waals surface area contributed by atoms with E-state index in [-0.39, 0.29) is 11.9 Å². The lowest BCUT2D eigenvalue weighted by atomic mass is 10.1. The fourth-order valence-electron chi connectivity index (χ4n) is 3.26. The molecule has 2 aromatic heterocycles. The minimum absolute atomic E-state index is 0.0683. The van der Waals surface area contributed by atoms with E-state index in [4.69, 9.17) is 4.74 Å². The van der Waals surface area contributed by atoms with Gasteiger partial charge in [0, 0.05) is 29.7 Å². The van der Waals surface area contributed by atoms with Gasteiger partial charge < -0.3 is 15.0 Å². The molecule has 1 atom stereocenters. The van der Waals surface area contributed by atoms with Crippen LogP contribution in [0, 0.1) is 6.92 Å². The van der Waals surface area contributed by atoms with Gasteiger partial charge in [0.1, 0.15) is 9.88 Å². The van der Waals surface area contributed by atoms with Crippen molar-refractivity contribution in [2.75, 3.05) is 31.2 Å². The monoisotopic (exact) mass is 413 g/mol. The minimum atomic E-state index is -0.0719. The summed E-state index contributed by atoms with van der Waals surface area (Å²) in [6, 6.07) is 10.4. The molecular formula is C21H23N3O2S2. The topological polar surface area (TPSA) is 54.5 Å². The lowest BCUT2D eigenvalue weighted by Crippen LogP contribution is -2.36. The predicted octanol–water partition coefficient (Wildman–Crippen LogP) is 4.51. The van der Waals surface area contributed by atoms with Crippen LogP contribution >= 0.6 is 22.7 Å². The number of ether oxygens (including phenoxy) is 1. The maximum absolute atomic E-state index is 12.8. The molecule has 0 radical (unpaired) electrons. The van der Waals surface area contributed by atoms with Gasteiger partial charge in [-0.2, -0.15) is 11.3 Å². The lowest BCUT2D eigenvalue weighted by molar-refractivity contribution is 0.0943. The molecule has 5 nitrogen and oxygen atoms in total. The second kappa shape index (κ2) is 8.43. The van der Waals surface area contributed by atoms with Crippen molar-refractivity contribution in [2.24, 2.45) is 0 Å². The van der Waals surface area contributed by atoms with Crippen LogP contribution in [0.2, 0.25) is 0 Å². The van der Waals surface area contributed by atoms with Crippen molar-refractivity contribution >= 4 is 34.3 Å². The van der Waals surface area contributed by atoms with Crippen molar-refractivity contribution in [3.63, 3.8) is 0 Å². The molecule has 3 aromatic rings. The van der Waals surface area contributed by atoms with Gasteiger partial charge in [-0.25, -0.2) is 4.98 Å². The van der Waals surface area contributed by atoms with E-state index >= 15 is 0 Å². The minimum Gasteiger partial charge on any atom is -0.378 e. The van der Waals surface area contributed by atoms with Crippen molar-refractivity contribution in [3.05, 3.63) is 57.2 Å². The van der Waals surface area contributed by atoms with Crippen molar-refractivity contribution in [3.8, 4) is 10.6 Å². The Balaban J connectivity index is 1.43. The third kappa shape index (κ3) is 4.11. The second-order valence-corrected chi connectivity index (χ2v) is 8.61. The number of aromatic nitrogens is 1. The van der Waals surface area contributed by atoms with Crippen LogP contribution in [0.5, 0.6) is 0 Å². The smallest absolute Gasteiger partial charge is 0.263 e. The average molecular weight is 414 g/mol. The standard InChI is InChI=1S/C21H23N3O2S2/c1-14(16-3-5-18(6-4-16)24-8-10-26-11-9-24)22-20(25)19-15(2)23-21(28-19)17-7-12-27-13-17/h3-7,12-14H,8-11H2,1-2H3,(H,22,25). The van der Waals surface area contributed by atoms with Crippen LogP contribution in [-0.4, -0.2) is 37.2 Å². The van der Waals surface area contributed by atoms with Gasteiger partial charge in [0.2, 0.25) is 0 Å². The van der Waals surface area contributed by atoms with Gasteiger partial charge in [-0.15, -0.1) is 11.3 Å². The molecule has 3 heterocycles. The van der Waals surface area contributed by atoms with E-state index < -0.39 is 0 Å². The highest BCUT2D eigenvalue weighted by Gasteiger charge is 2.19. The highest BCUT2D eigenvalue weighted by Crippen LogP contribution is 2.30. The summed E-state index contributed by atoms with van der Waals surface area (Å²) in [5, 5.41) is 8.08. The first-order valence-electron chi connectivity index (χ1n) is 9.35. The summed E-state index contributed by atoms with van der Waals surface area (Å²) in [6.07, 6.45) is 0. The fourth-order valence-corrected chi connectivity index (χ4v) is 4.94. The van der Waals surface area contributed by atoms with E-state index in [1.54, 1.807) is 11.3 Å². The van der Waals surface area contributed by atoms with Gasteiger partial charge in [-0.1, -0.05) is 12.1 Å². The number of thiazole rings is 1. The number of nitrogens with zero attached hydrogens (tertiary/aromatic N) is 2. The Kier molecular flexibility index (Phi) is 5.75. The second-order valence-electron chi connectivity index (χ2n) is 6.83. The van der Waals surface area contributed by atoms with Crippen LogP contribution in [0.15, 0.2) is 41.1 Å². The van der Waals surface area contributed by atoms with E-state index in [0.717, 1.165) is 48.1 Å². The van der Waals surface area contributed by atoms with Crippen LogP contribution < -0.4 is 10.2 Å². The van der Waals surface area contributed by atoms with Crippen LogP contribution in [0.4, 0.5) is 5.69 Å². The first-order valence-corrected chi connectivity index (χ1v) is 11.1. The van der Waals surface area contributed by atoms with E-state index in [9.17, 15) is 4.79 Å². The molecule has 1 unspecified atom stereocenters. The van der Waals surface area contributed by atoms with Crippen LogP contribution in [0.3, 0.4) is 0 Å². The summed E-state index contributed by atoms with van der Waals surface area (Å²) < 4.78 is 5.41. The number of carbonyl (C=O) groups excluding carboxylic acids is 1. The molecule has 7 heteroatoms. The zero-order chi connectivity index (χ0) is 19.5. The number of morpholine rings is 1. The van der Waals surface area contributed by atoms with Gasteiger partial charge in [-0.05, 0) is 43.0 Å². The van der Waals surface area contributed by atoms with E-state index in [1.165, 1.54) is 17.0 Å². The Labute approximate surface area is 173 Å². The summed E-state index contributed by atoms with van der Waals surface area (Å²) in [5.41, 5.74) is 4.14. The molecule has 1 N–H and O–H groups in total. The van der Waals surface area contributed by atoms with Gasteiger partial charge in [0.15, 0.2) is 0 Å². The zero-order valence-electron chi connectivity index (χ0n) is 16.0. The average Bonchev–Trinajstić information content (AvgIpc) is 3.38. The molecular weight excluding hydrogens is 390 g/mol. The molecule has 1 saturated heterocycles. The summed E-state index contributed by atoms with van der Waals surface area (Å²) in [5.74, 6) is -0.0683. The third-order valence-corrected chi connectivity index (χ3v) is 6.78. The van der Waals surface area contributed by atoms with E-state index in [2.05, 4.69) is 44.8 Å². The normalized spacial score (nSPS) is 15.4. The number of aryl methyl sites for hydroxylation is 1. The fraction of sp³-hybridized carbons (Fsp3) is 0.333. The first-order chi connectivity index (χ1) is 13.6. The Morgan fingerprint density at radius 3 is 2.64 bits per heavy atom. The number of benzene rings is 1. The number of carbonyl (C=O) groups is 1. The van der Waals surface area contributed by atoms with Crippen LogP contribution in [0.25, 0.3) is 10.6 Å². The predicted molar refractivity (Wildman–Crippen MR) is 116 cm³/mol. The number of thiophene rings is 1. The Morgan fingerprint density at radius 1 is 1.21 bits per heavy atom. The summed E-state index contributed by atoms with van der Waals surface area (Å²) in [6.45, 7) is 7.29. The first kappa shape index (κ1) is 19.1. The van der Waals surface area contributed by atoms with Crippen molar-refractivity contribution in [1.82, 2.24) is 10.3 Å². The molecule has 0 spiro atoms. The Bertz CT molecular complexity index is 929. The molecule has 4 rings (SSSR count). The van der Waals surface area contributed by atoms with Gasteiger partial charge in [0.25, 0.3) is 5.91 Å². The van der Waals surface area contributed by atoms with E-state index in [1.807, 2.05) is 25.3 Å². The molecule has 0 aliphatic carbocycles.